The van der Waals surface area contributed by atoms with Gasteiger partial charge < -0.3 is 13.6 Å². The fraction of sp³-hybridized carbons (Fsp3) is 1.00. The van der Waals surface area contributed by atoms with Crippen LogP contribution >= 0.6 is 38.4 Å². The van der Waals surface area contributed by atoms with E-state index in [9.17, 15) is 9.13 Å². The van der Waals surface area contributed by atoms with Crippen molar-refractivity contribution in [2.75, 3.05) is 31.6 Å². The van der Waals surface area contributed by atoms with E-state index in [-0.39, 0.29) is 38.0 Å². The standard InChI is InChI=1S/C12H24Cl2O6P2/c1-5-17-21(15)11(2,3)10-12(4,20-21)22(16,18-8-6-13)19-9-7-14/h5-10H2,1-4H3. The third kappa shape index (κ3) is 4.10. The van der Waals surface area contributed by atoms with Gasteiger partial charge in [-0.05, 0) is 27.7 Å². The molecule has 6 nitrogen and oxygen atoms in total. The lowest BCUT2D eigenvalue weighted by molar-refractivity contribution is 0.101. The molecule has 22 heavy (non-hydrogen) atoms. The number of hydrogen-bond acceptors (Lipinski definition) is 6. The summed E-state index contributed by atoms with van der Waals surface area (Å²) in [5.74, 6) is 0.299. The molecule has 0 radical (unpaired) electrons. The van der Waals surface area contributed by atoms with Crippen molar-refractivity contribution in [2.45, 2.75) is 44.6 Å². The first-order valence-electron chi connectivity index (χ1n) is 7.06. The van der Waals surface area contributed by atoms with Crippen LogP contribution in [0.25, 0.3) is 0 Å². The zero-order valence-corrected chi connectivity index (χ0v) is 16.6. The van der Waals surface area contributed by atoms with Crippen LogP contribution in [0.15, 0.2) is 0 Å². The fourth-order valence-electron chi connectivity index (χ4n) is 2.45. The highest BCUT2D eigenvalue weighted by Crippen LogP contribution is 2.78. The maximum atomic E-state index is 13.2. The second kappa shape index (κ2) is 7.84. The van der Waals surface area contributed by atoms with E-state index in [1.165, 1.54) is 0 Å². The lowest BCUT2D eigenvalue weighted by atomic mass is 10.1. The predicted octanol–water partition coefficient (Wildman–Crippen LogP) is 4.84. The van der Waals surface area contributed by atoms with Crippen LogP contribution in [-0.4, -0.2) is 42.1 Å². The van der Waals surface area contributed by atoms with Gasteiger partial charge in [0.15, 0.2) is 5.34 Å². The molecule has 1 heterocycles. The molecule has 0 aromatic rings. The third-order valence-corrected chi connectivity index (χ3v) is 9.16. The van der Waals surface area contributed by atoms with Crippen LogP contribution in [0.3, 0.4) is 0 Å². The second-order valence-electron chi connectivity index (χ2n) is 5.71. The van der Waals surface area contributed by atoms with E-state index in [0.29, 0.717) is 0 Å². The van der Waals surface area contributed by atoms with Gasteiger partial charge in [0.05, 0.1) is 25.0 Å². The SMILES string of the molecule is CCOP1(=O)OC(C)(P(=O)(OCCCl)OCCCl)CC1(C)C. The molecule has 0 spiro atoms. The van der Waals surface area contributed by atoms with Crippen molar-refractivity contribution in [3.8, 4) is 0 Å². The summed E-state index contributed by atoms with van der Waals surface area (Å²) in [6, 6.07) is 0. The number of rotatable bonds is 9. The molecule has 1 saturated heterocycles. The van der Waals surface area contributed by atoms with E-state index in [1.807, 2.05) is 0 Å². The zero-order valence-electron chi connectivity index (χ0n) is 13.3. The summed E-state index contributed by atoms with van der Waals surface area (Å²) < 4.78 is 47.9. The van der Waals surface area contributed by atoms with Gasteiger partial charge in [-0.3, -0.25) is 13.7 Å². The van der Waals surface area contributed by atoms with Gasteiger partial charge in [0.1, 0.15) is 0 Å². The topological polar surface area (TPSA) is 71.1 Å². The maximum absolute atomic E-state index is 13.2. The molecular formula is C12H24Cl2O6P2. The summed E-state index contributed by atoms with van der Waals surface area (Å²) in [4.78, 5) is 0. The molecule has 1 aliphatic rings. The molecule has 1 aliphatic heterocycles. The lowest BCUT2D eigenvalue weighted by Gasteiger charge is -2.31. The van der Waals surface area contributed by atoms with E-state index in [4.69, 9.17) is 41.3 Å². The summed E-state index contributed by atoms with van der Waals surface area (Å²) in [6.07, 6.45) is 0.207. The zero-order chi connectivity index (χ0) is 17.1. The summed E-state index contributed by atoms with van der Waals surface area (Å²) in [6.45, 7) is 7.08. The molecule has 2 atom stereocenters. The van der Waals surface area contributed by atoms with Crippen molar-refractivity contribution in [1.82, 2.24) is 0 Å². The van der Waals surface area contributed by atoms with E-state index in [2.05, 4.69) is 0 Å². The average molecular weight is 397 g/mol. The summed E-state index contributed by atoms with van der Waals surface area (Å²) in [5.41, 5.74) is 0. The third-order valence-electron chi connectivity index (χ3n) is 3.37. The molecular weight excluding hydrogens is 373 g/mol. The molecule has 0 bridgehead atoms. The lowest BCUT2D eigenvalue weighted by Crippen LogP contribution is -2.29. The van der Waals surface area contributed by atoms with Crippen molar-refractivity contribution in [2.24, 2.45) is 0 Å². The Morgan fingerprint density at radius 2 is 1.68 bits per heavy atom. The van der Waals surface area contributed by atoms with E-state index in [0.717, 1.165) is 0 Å². The molecule has 1 rings (SSSR count). The monoisotopic (exact) mass is 396 g/mol. The van der Waals surface area contributed by atoms with Crippen LogP contribution in [-0.2, 0) is 27.2 Å². The maximum Gasteiger partial charge on any atom is 0.362 e. The van der Waals surface area contributed by atoms with Crippen molar-refractivity contribution in [1.29, 1.82) is 0 Å². The predicted molar refractivity (Wildman–Crippen MR) is 88.4 cm³/mol. The van der Waals surface area contributed by atoms with Gasteiger partial charge in [-0.15, -0.1) is 23.2 Å². The van der Waals surface area contributed by atoms with Crippen molar-refractivity contribution < 1.29 is 27.2 Å². The Labute approximate surface area is 142 Å². The minimum Gasteiger partial charge on any atom is -0.308 e. The molecule has 0 amide bonds. The highest BCUT2D eigenvalue weighted by atomic mass is 35.5. The summed E-state index contributed by atoms with van der Waals surface area (Å²) in [5, 5.41) is -2.18. The Balaban J connectivity index is 3.13. The van der Waals surface area contributed by atoms with Gasteiger partial charge in [0.25, 0.3) is 0 Å². The van der Waals surface area contributed by atoms with Gasteiger partial charge >= 0.3 is 15.2 Å². The number of halogens is 2. The van der Waals surface area contributed by atoms with Gasteiger partial charge in [0.2, 0.25) is 0 Å². The normalized spacial score (nSPS) is 31.5. The van der Waals surface area contributed by atoms with E-state index in [1.54, 1.807) is 27.7 Å². The highest BCUT2D eigenvalue weighted by Gasteiger charge is 2.66. The molecule has 0 aliphatic carbocycles. The highest BCUT2D eigenvalue weighted by molar-refractivity contribution is 7.60. The van der Waals surface area contributed by atoms with Crippen LogP contribution in [0.5, 0.6) is 0 Å². The first-order chi connectivity index (χ1) is 10.1. The van der Waals surface area contributed by atoms with Gasteiger partial charge in [0, 0.05) is 18.2 Å². The van der Waals surface area contributed by atoms with Crippen LogP contribution in [0.4, 0.5) is 0 Å². The number of alkyl halides is 2. The molecule has 2 unspecified atom stereocenters. The van der Waals surface area contributed by atoms with Crippen molar-refractivity contribution in [3.05, 3.63) is 0 Å². The van der Waals surface area contributed by atoms with Crippen LogP contribution in [0.2, 0.25) is 0 Å². The smallest absolute Gasteiger partial charge is 0.308 e. The second-order valence-corrected chi connectivity index (χ2v) is 11.6. The van der Waals surface area contributed by atoms with Gasteiger partial charge in [-0.25, -0.2) is 0 Å². The average Bonchev–Trinajstić information content (AvgIpc) is 2.60. The molecule has 10 heteroatoms. The van der Waals surface area contributed by atoms with Crippen LogP contribution in [0, 0.1) is 0 Å². The minimum atomic E-state index is -3.74. The minimum absolute atomic E-state index is 0.0272. The molecule has 0 saturated carbocycles. The Kier molecular flexibility index (Phi) is 7.46. The first-order valence-corrected chi connectivity index (χ1v) is 11.2. The van der Waals surface area contributed by atoms with E-state index >= 15 is 0 Å². The fourth-order valence-corrected chi connectivity index (χ4v) is 7.61. The van der Waals surface area contributed by atoms with Gasteiger partial charge in [-0.1, -0.05) is 0 Å². The van der Waals surface area contributed by atoms with Crippen LogP contribution < -0.4 is 0 Å². The quantitative estimate of drug-likeness (QED) is 0.410. The Bertz CT molecular complexity index is 461. The molecule has 0 aromatic carbocycles. The van der Waals surface area contributed by atoms with Crippen molar-refractivity contribution >= 4 is 38.4 Å². The molecule has 132 valence electrons. The first kappa shape index (κ1) is 20.9. The summed E-state index contributed by atoms with van der Waals surface area (Å²) >= 11 is 11.2. The number of hydrogen-bond donors (Lipinski definition) is 0. The molecule has 0 aromatic heterocycles. The van der Waals surface area contributed by atoms with Gasteiger partial charge in [-0.2, -0.15) is 0 Å². The molecule has 0 N–H and O–H groups in total. The van der Waals surface area contributed by atoms with E-state index < -0.39 is 25.7 Å². The largest absolute Gasteiger partial charge is 0.362 e. The van der Waals surface area contributed by atoms with Crippen LogP contribution in [0.1, 0.15) is 34.1 Å². The Morgan fingerprint density at radius 1 is 1.18 bits per heavy atom. The molecule has 1 fully saturated rings. The Hall–Kier alpha value is 0.880. The van der Waals surface area contributed by atoms with Crippen molar-refractivity contribution in [3.63, 3.8) is 0 Å². The Morgan fingerprint density at radius 3 is 2.09 bits per heavy atom. The summed E-state index contributed by atoms with van der Waals surface area (Å²) in [7, 11) is -7.19.